The summed E-state index contributed by atoms with van der Waals surface area (Å²) in [4.78, 5) is 1.12. The van der Waals surface area contributed by atoms with Crippen LogP contribution in [0.5, 0.6) is 0 Å². The molecule has 6 heteroatoms. The second-order valence-electron chi connectivity index (χ2n) is 3.73. The Labute approximate surface area is 109 Å². The van der Waals surface area contributed by atoms with E-state index in [4.69, 9.17) is 16.9 Å². The van der Waals surface area contributed by atoms with Crippen molar-refractivity contribution in [2.75, 3.05) is 18.0 Å². The Morgan fingerprint density at radius 1 is 1.39 bits per heavy atom. The molecule has 0 aliphatic heterocycles. The van der Waals surface area contributed by atoms with E-state index in [2.05, 4.69) is 0 Å². The molecule has 1 aromatic rings. The number of hydrogen-bond donors (Lipinski definition) is 0. The van der Waals surface area contributed by atoms with Gasteiger partial charge in [0.05, 0.1) is 11.3 Å². The molecule has 2 nitrogen and oxygen atoms in total. The lowest BCUT2D eigenvalue weighted by molar-refractivity contribution is -0.119. The van der Waals surface area contributed by atoms with Crippen LogP contribution < -0.4 is 4.90 Å². The molecule has 98 valence electrons. The molecule has 0 aliphatic carbocycles. The number of nitriles is 1. The smallest absolute Gasteiger partial charge is 0.362 e. The van der Waals surface area contributed by atoms with Crippen LogP contribution in [-0.4, -0.2) is 19.3 Å². The van der Waals surface area contributed by atoms with Crippen molar-refractivity contribution in [3.8, 4) is 6.07 Å². The van der Waals surface area contributed by atoms with Crippen molar-refractivity contribution in [1.82, 2.24) is 0 Å². The molecule has 0 bridgehead atoms. The molecular weight excluding hydrogens is 265 g/mol. The minimum Gasteiger partial charge on any atom is -0.362 e. The molecule has 0 saturated heterocycles. The maximum Gasteiger partial charge on any atom is 0.405 e. The van der Waals surface area contributed by atoms with E-state index in [0.717, 1.165) is 4.90 Å². The Kier molecular flexibility index (Phi) is 4.85. The summed E-state index contributed by atoms with van der Waals surface area (Å²) in [5.41, 5.74) is 1.20. The summed E-state index contributed by atoms with van der Waals surface area (Å²) in [6.45, 7) is 0.717. The molecule has 0 heterocycles. The van der Waals surface area contributed by atoms with Gasteiger partial charge in [0.25, 0.3) is 0 Å². The summed E-state index contributed by atoms with van der Waals surface area (Å²) in [6.07, 6.45) is -4.30. The van der Waals surface area contributed by atoms with Gasteiger partial charge in [-0.3, -0.25) is 0 Å². The van der Waals surface area contributed by atoms with E-state index in [1.807, 2.05) is 6.07 Å². The normalized spacial score (nSPS) is 11.1. The van der Waals surface area contributed by atoms with Crippen LogP contribution in [0, 0.1) is 11.3 Å². The van der Waals surface area contributed by atoms with Crippen molar-refractivity contribution in [3.05, 3.63) is 29.3 Å². The first-order valence-corrected chi connectivity index (χ1v) is 5.85. The highest BCUT2D eigenvalue weighted by Crippen LogP contribution is 2.26. The van der Waals surface area contributed by atoms with Gasteiger partial charge in [-0.1, -0.05) is 6.07 Å². The van der Waals surface area contributed by atoms with Crippen LogP contribution in [0.3, 0.4) is 0 Å². The third kappa shape index (κ3) is 3.81. The molecule has 1 rings (SSSR count). The predicted octanol–water partition coefficient (Wildman–Crippen LogP) is 3.69. The Morgan fingerprint density at radius 3 is 2.50 bits per heavy atom. The quantitative estimate of drug-likeness (QED) is 0.784. The number of nitrogens with zero attached hydrogens (tertiary/aromatic N) is 2. The molecule has 1 aromatic carbocycles. The number of alkyl halides is 4. The molecule has 0 radical (unpaired) electrons. The number of hydrogen-bond acceptors (Lipinski definition) is 2. The van der Waals surface area contributed by atoms with Crippen LogP contribution in [-0.2, 0) is 5.88 Å². The van der Waals surface area contributed by atoms with Crippen molar-refractivity contribution < 1.29 is 13.2 Å². The van der Waals surface area contributed by atoms with Crippen molar-refractivity contribution in [2.24, 2.45) is 0 Å². The lowest BCUT2D eigenvalue weighted by atomic mass is 10.1. The number of anilines is 1. The maximum atomic E-state index is 12.4. The van der Waals surface area contributed by atoms with Crippen LogP contribution in [0.25, 0.3) is 0 Å². The van der Waals surface area contributed by atoms with Crippen LogP contribution in [0.2, 0.25) is 0 Å². The van der Waals surface area contributed by atoms with Crippen molar-refractivity contribution in [1.29, 1.82) is 5.26 Å². The van der Waals surface area contributed by atoms with E-state index in [1.165, 1.54) is 12.1 Å². The number of rotatable bonds is 4. The Balaban J connectivity index is 3.10. The van der Waals surface area contributed by atoms with Gasteiger partial charge >= 0.3 is 6.18 Å². The van der Waals surface area contributed by atoms with Gasteiger partial charge in [-0.05, 0) is 24.6 Å². The fourth-order valence-corrected chi connectivity index (χ4v) is 1.78. The third-order valence-electron chi connectivity index (χ3n) is 2.43. The summed E-state index contributed by atoms with van der Waals surface area (Å²) in [5.74, 6) is 0.223. The molecule has 0 aliphatic rings. The first-order valence-electron chi connectivity index (χ1n) is 5.32. The lowest BCUT2D eigenvalue weighted by Gasteiger charge is -2.25. The third-order valence-corrected chi connectivity index (χ3v) is 2.74. The average Bonchev–Trinajstić information content (AvgIpc) is 2.34. The van der Waals surface area contributed by atoms with Gasteiger partial charge in [0.2, 0.25) is 0 Å². The van der Waals surface area contributed by atoms with E-state index in [-0.39, 0.29) is 23.7 Å². The highest BCUT2D eigenvalue weighted by Gasteiger charge is 2.31. The second-order valence-corrected chi connectivity index (χ2v) is 3.99. The molecule has 0 saturated carbocycles. The minimum atomic E-state index is -4.30. The Hall–Kier alpha value is -1.41. The standard InChI is InChI=1S/C12H12ClF3N2/c1-2-18(8-12(14,15)16)11-4-3-9(6-13)5-10(11)7-17/h3-5H,2,6,8H2,1H3. The summed E-state index contributed by atoms with van der Waals surface area (Å²) in [7, 11) is 0. The van der Waals surface area contributed by atoms with Gasteiger partial charge in [-0.2, -0.15) is 18.4 Å². The zero-order chi connectivity index (χ0) is 13.8. The molecule has 0 fully saturated rings. The Morgan fingerprint density at radius 2 is 2.06 bits per heavy atom. The van der Waals surface area contributed by atoms with E-state index in [9.17, 15) is 13.2 Å². The first-order chi connectivity index (χ1) is 8.41. The van der Waals surface area contributed by atoms with Crippen LogP contribution >= 0.6 is 11.6 Å². The van der Waals surface area contributed by atoms with Gasteiger partial charge in [0, 0.05) is 12.4 Å². The monoisotopic (exact) mass is 276 g/mol. The summed E-state index contributed by atoms with van der Waals surface area (Å²) >= 11 is 5.63. The van der Waals surface area contributed by atoms with E-state index >= 15 is 0 Å². The molecular formula is C12H12ClF3N2. The molecule has 18 heavy (non-hydrogen) atoms. The fraction of sp³-hybridized carbons (Fsp3) is 0.417. The van der Waals surface area contributed by atoms with Gasteiger partial charge in [-0.15, -0.1) is 11.6 Å². The zero-order valence-electron chi connectivity index (χ0n) is 9.76. The minimum absolute atomic E-state index is 0.175. The van der Waals surface area contributed by atoms with Crippen LogP contribution in [0.1, 0.15) is 18.1 Å². The average molecular weight is 277 g/mol. The summed E-state index contributed by atoms with van der Waals surface area (Å²) < 4.78 is 37.2. The molecule has 0 amide bonds. The highest BCUT2D eigenvalue weighted by atomic mass is 35.5. The topological polar surface area (TPSA) is 27.0 Å². The molecule has 0 unspecified atom stereocenters. The molecule has 0 atom stereocenters. The van der Waals surface area contributed by atoms with Crippen molar-refractivity contribution >= 4 is 17.3 Å². The second kappa shape index (κ2) is 5.96. The number of benzene rings is 1. The molecule has 0 aromatic heterocycles. The van der Waals surface area contributed by atoms with E-state index in [0.29, 0.717) is 5.56 Å². The van der Waals surface area contributed by atoms with Crippen LogP contribution in [0.4, 0.5) is 18.9 Å². The highest BCUT2D eigenvalue weighted by molar-refractivity contribution is 6.17. The zero-order valence-corrected chi connectivity index (χ0v) is 10.5. The SMILES string of the molecule is CCN(CC(F)(F)F)c1ccc(CCl)cc1C#N. The predicted molar refractivity (Wildman–Crippen MR) is 64.7 cm³/mol. The van der Waals surface area contributed by atoms with Crippen LogP contribution in [0.15, 0.2) is 18.2 Å². The fourth-order valence-electron chi connectivity index (χ4n) is 1.62. The van der Waals surface area contributed by atoms with Gasteiger partial charge in [0.1, 0.15) is 12.6 Å². The molecule has 0 spiro atoms. The van der Waals surface area contributed by atoms with Crippen molar-refractivity contribution in [3.63, 3.8) is 0 Å². The summed E-state index contributed by atoms with van der Waals surface area (Å²) in [5, 5.41) is 8.98. The molecule has 0 N–H and O–H groups in total. The largest absolute Gasteiger partial charge is 0.405 e. The Bertz CT molecular complexity index is 452. The van der Waals surface area contributed by atoms with E-state index in [1.54, 1.807) is 13.0 Å². The summed E-state index contributed by atoms with van der Waals surface area (Å²) in [6, 6.07) is 6.55. The maximum absolute atomic E-state index is 12.4. The first kappa shape index (κ1) is 14.7. The van der Waals surface area contributed by atoms with E-state index < -0.39 is 12.7 Å². The van der Waals surface area contributed by atoms with Gasteiger partial charge in [-0.25, -0.2) is 0 Å². The van der Waals surface area contributed by atoms with Gasteiger partial charge in [0.15, 0.2) is 0 Å². The number of halogens is 4. The van der Waals surface area contributed by atoms with Crippen molar-refractivity contribution in [2.45, 2.75) is 19.0 Å². The van der Waals surface area contributed by atoms with Gasteiger partial charge < -0.3 is 4.90 Å². The lowest BCUT2D eigenvalue weighted by Crippen LogP contribution is -2.34.